The van der Waals surface area contributed by atoms with Gasteiger partial charge in [0.15, 0.2) is 0 Å². The molecule has 0 aliphatic heterocycles. The van der Waals surface area contributed by atoms with Crippen LogP contribution in [-0.2, 0) is 22.9 Å². The Bertz CT molecular complexity index is 727. The van der Waals surface area contributed by atoms with Crippen LogP contribution in [0.15, 0.2) is 47.4 Å². The molecule has 5 heteroatoms. The van der Waals surface area contributed by atoms with Crippen molar-refractivity contribution in [2.75, 3.05) is 0 Å². The zero-order valence-electron chi connectivity index (χ0n) is 11.8. The molecule has 0 aliphatic rings. The van der Waals surface area contributed by atoms with E-state index in [4.69, 9.17) is 5.14 Å². The Labute approximate surface area is 124 Å². The van der Waals surface area contributed by atoms with Crippen LogP contribution >= 0.6 is 0 Å². The number of rotatable bonds is 5. The fourth-order valence-electron chi connectivity index (χ4n) is 2.34. The van der Waals surface area contributed by atoms with Crippen LogP contribution in [0.2, 0.25) is 0 Å². The van der Waals surface area contributed by atoms with Gasteiger partial charge in [0, 0.05) is 0 Å². The van der Waals surface area contributed by atoms with Gasteiger partial charge in [0.2, 0.25) is 10.0 Å². The molecule has 0 bridgehead atoms. The smallest absolute Gasteiger partial charge is 0.225 e. The monoisotopic (exact) mass is 307 g/mol. The number of sulfonamides is 1. The van der Waals surface area contributed by atoms with Gasteiger partial charge in [-0.3, -0.25) is 0 Å². The summed E-state index contributed by atoms with van der Waals surface area (Å²) < 4.78 is 37.0. The van der Waals surface area contributed by atoms with E-state index in [0.29, 0.717) is 12.0 Å². The van der Waals surface area contributed by atoms with Crippen molar-refractivity contribution in [1.29, 1.82) is 0 Å². The van der Waals surface area contributed by atoms with Gasteiger partial charge in [-0.2, -0.15) is 0 Å². The van der Waals surface area contributed by atoms with E-state index in [1.54, 1.807) is 13.0 Å². The Balaban J connectivity index is 2.17. The summed E-state index contributed by atoms with van der Waals surface area (Å²) >= 11 is 0. The minimum atomic E-state index is -4.02. The largest absolute Gasteiger partial charge is 0.240 e. The number of benzene rings is 2. The second-order valence-electron chi connectivity index (χ2n) is 5.06. The van der Waals surface area contributed by atoms with E-state index in [9.17, 15) is 12.8 Å². The first-order chi connectivity index (χ1) is 9.89. The Morgan fingerprint density at radius 1 is 1.05 bits per heavy atom. The Morgan fingerprint density at radius 3 is 2.33 bits per heavy atom. The van der Waals surface area contributed by atoms with E-state index in [-0.39, 0.29) is 0 Å². The summed E-state index contributed by atoms with van der Waals surface area (Å²) in [6.45, 7) is 1.77. The van der Waals surface area contributed by atoms with Gasteiger partial charge in [-0.25, -0.2) is 17.9 Å². The van der Waals surface area contributed by atoms with Crippen LogP contribution in [0, 0.1) is 12.7 Å². The van der Waals surface area contributed by atoms with Gasteiger partial charge in [0.25, 0.3) is 0 Å². The average molecular weight is 307 g/mol. The second-order valence-corrected chi connectivity index (χ2v) is 6.59. The second kappa shape index (κ2) is 6.37. The fraction of sp³-hybridized carbons (Fsp3) is 0.250. The number of hydrogen-bond acceptors (Lipinski definition) is 2. The molecule has 0 atom stereocenters. The molecule has 0 saturated carbocycles. The molecule has 0 aromatic heterocycles. The van der Waals surface area contributed by atoms with Gasteiger partial charge in [-0.1, -0.05) is 36.4 Å². The van der Waals surface area contributed by atoms with E-state index in [0.717, 1.165) is 18.4 Å². The first-order valence-corrected chi connectivity index (χ1v) is 8.29. The highest BCUT2D eigenvalue weighted by atomic mass is 32.2. The lowest BCUT2D eigenvalue weighted by atomic mass is 10.00. The first kappa shape index (κ1) is 15.7. The van der Waals surface area contributed by atoms with Crippen LogP contribution in [0.3, 0.4) is 0 Å². The molecule has 3 nitrogen and oxygen atoms in total. The molecule has 2 N–H and O–H groups in total. The predicted octanol–water partition coefficient (Wildman–Crippen LogP) is 2.96. The summed E-state index contributed by atoms with van der Waals surface area (Å²) in [5.74, 6) is -0.717. The molecule has 0 aliphatic carbocycles. The van der Waals surface area contributed by atoms with Crippen LogP contribution in [0.5, 0.6) is 0 Å². The molecule has 2 rings (SSSR count). The molecular weight excluding hydrogens is 289 g/mol. The quantitative estimate of drug-likeness (QED) is 0.923. The third-order valence-electron chi connectivity index (χ3n) is 3.48. The van der Waals surface area contributed by atoms with Crippen LogP contribution in [-0.4, -0.2) is 8.42 Å². The molecule has 0 spiro atoms. The topological polar surface area (TPSA) is 60.2 Å². The average Bonchev–Trinajstić information content (AvgIpc) is 2.42. The fourth-order valence-corrected chi connectivity index (χ4v) is 2.97. The summed E-state index contributed by atoms with van der Waals surface area (Å²) in [6.07, 6.45) is 2.05. The first-order valence-electron chi connectivity index (χ1n) is 6.74. The number of aryl methyl sites for hydroxylation is 2. The van der Waals surface area contributed by atoms with Crippen molar-refractivity contribution in [3.8, 4) is 0 Å². The maximum atomic E-state index is 14.3. The normalized spacial score (nSPS) is 11.6. The van der Waals surface area contributed by atoms with Crippen LogP contribution in [0.25, 0.3) is 0 Å². The molecule has 0 radical (unpaired) electrons. The Kier molecular flexibility index (Phi) is 4.75. The van der Waals surface area contributed by atoms with Crippen molar-refractivity contribution in [3.05, 3.63) is 65.0 Å². The third-order valence-corrected chi connectivity index (χ3v) is 4.41. The van der Waals surface area contributed by atoms with Gasteiger partial charge in [-0.15, -0.1) is 0 Å². The highest BCUT2D eigenvalue weighted by Crippen LogP contribution is 2.22. The molecule has 0 saturated heterocycles. The number of hydrogen-bond donors (Lipinski definition) is 1. The highest BCUT2D eigenvalue weighted by molar-refractivity contribution is 7.89. The molecule has 112 valence electrons. The lowest BCUT2D eigenvalue weighted by Crippen LogP contribution is -2.15. The summed E-state index contributed by atoms with van der Waals surface area (Å²) in [4.78, 5) is -0.428. The zero-order valence-corrected chi connectivity index (χ0v) is 12.7. The molecule has 0 amide bonds. The van der Waals surface area contributed by atoms with Gasteiger partial charge >= 0.3 is 0 Å². The minimum absolute atomic E-state index is 0.428. The Hall–Kier alpha value is -1.72. The van der Waals surface area contributed by atoms with Crippen molar-refractivity contribution >= 4 is 10.0 Å². The van der Waals surface area contributed by atoms with Crippen LogP contribution in [0.1, 0.15) is 23.1 Å². The lowest BCUT2D eigenvalue weighted by Gasteiger charge is -2.10. The maximum Gasteiger partial charge on any atom is 0.240 e. The number of nitrogens with two attached hydrogens (primary N) is 1. The van der Waals surface area contributed by atoms with Crippen molar-refractivity contribution in [2.45, 2.75) is 31.1 Å². The van der Waals surface area contributed by atoms with Crippen molar-refractivity contribution < 1.29 is 12.8 Å². The third kappa shape index (κ3) is 3.89. The molecule has 2 aromatic carbocycles. The summed E-state index contributed by atoms with van der Waals surface area (Å²) in [6, 6.07) is 12.7. The molecule has 21 heavy (non-hydrogen) atoms. The lowest BCUT2D eigenvalue weighted by molar-refractivity contribution is 0.554. The van der Waals surface area contributed by atoms with E-state index in [2.05, 4.69) is 0 Å². The highest BCUT2D eigenvalue weighted by Gasteiger charge is 2.18. The predicted molar refractivity (Wildman–Crippen MR) is 81.0 cm³/mol. The summed E-state index contributed by atoms with van der Waals surface area (Å²) in [5.41, 5.74) is 2.35. The van der Waals surface area contributed by atoms with E-state index in [1.165, 1.54) is 11.6 Å². The molecule has 0 heterocycles. The maximum absolute atomic E-state index is 14.3. The molecule has 0 fully saturated rings. The zero-order chi connectivity index (χ0) is 15.5. The van der Waals surface area contributed by atoms with E-state index < -0.39 is 20.7 Å². The van der Waals surface area contributed by atoms with Gasteiger partial charge in [-0.05, 0) is 48.9 Å². The standard InChI is InChI=1S/C16H18FNO2S/c1-12-10-11-15(21(18,19)20)16(17)14(12)9-5-8-13-6-3-2-4-7-13/h2-4,6-7,10-11H,5,8-9H2,1H3,(H2,18,19,20). The SMILES string of the molecule is Cc1ccc(S(N)(=O)=O)c(F)c1CCCc1ccccc1. The molecular formula is C16H18FNO2S. The van der Waals surface area contributed by atoms with Crippen molar-refractivity contribution in [2.24, 2.45) is 5.14 Å². The van der Waals surface area contributed by atoms with Gasteiger partial charge in [0.1, 0.15) is 10.7 Å². The number of primary sulfonamides is 1. The molecule has 2 aromatic rings. The number of halogens is 1. The van der Waals surface area contributed by atoms with Crippen LogP contribution in [0.4, 0.5) is 4.39 Å². The van der Waals surface area contributed by atoms with E-state index in [1.807, 2.05) is 30.3 Å². The minimum Gasteiger partial charge on any atom is -0.225 e. The Morgan fingerprint density at radius 2 is 1.71 bits per heavy atom. The van der Waals surface area contributed by atoms with Gasteiger partial charge < -0.3 is 0 Å². The summed E-state index contributed by atoms with van der Waals surface area (Å²) in [5, 5.41) is 5.03. The van der Waals surface area contributed by atoms with Crippen molar-refractivity contribution in [1.82, 2.24) is 0 Å². The van der Waals surface area contributed by atoms with Crippen LogP contribution < -0.4 is 5.14 Å². The summed E-state index contributed by atoms with van der Waals surface area (Å²) in [7, 11) is -4.02. The van der Waals surface area contributed by atoms with Crippen molar-refractivity contribution in [3.63, 3.8) is 0 Å². The molecule has 0 unspecified atom stereocenters. The van der Waals surface area contributed by atoms with E-state index >= 15 is 0 Å². The van der Waals surface area contributed by atoms with Gasteiger partial charge in [0.05, 0.1) is 0 Å².